The normalized spacial score (nSPS) is 17.3. The van der Waals surface area contributed by atoms with E-state index in [4.69, 9.17) is 4.42 Å². The Morgan fingerprint density at radius 1 is 1.14 bits per heavy atom. The summed E-state index contributed by atoms with van der Waals surface area (Å²) in [7, 11) is -3.74. The highest BCUT2D eigenvalue weighted by atomic mass is 32.2. The van der Waals surface area contributed by atoms with Crippen LogP contribution in [0.1, 0.15) is 37.0 Å². The molecule has 0 aliphatic carbocycles. The molecule has 3 aromatic rings. The number of nitrogens with zero attached hydrogens (tertiary/aromatic N) is 2. The molecular formula is C21H23N3O4S. The summed E-state index contributed by atoms with van der Waals surface area (Å²) in [6.45, 7) is 5.20. The Morgan fingerprint density at radius 2 is 1.83 bits per heavy atom. The van der Waals surface area contributed by atoms with Crippen LogP contribution in [0.15, 0.2) is 58.2 Å². The van der Waals surface area contributed by atoms with Crippen molar-refractivity contribution in [2.45, 2.75) is 31.6 Å². The number of nitrogens with one attached hydrogen (secondary N) is 1. The Bertz CT molecular complexity index is 1140. The molecule has 0 atom stereocenters. The molecule has 7 nitrogen and oxygen atoms in total. The molecule has 1 saturated heterocycles. The largest absolute Gasteiger partial charge is 0.443 e. The number of hydrogen-bond donors (Lipinski definition) is 1. The molecule has 2 heterocycles. The Balaban J connectivity index is 1.70. The van der Waals surface area contributed by atoms with Crippen LogP contribution in [0, 0.1) is 5.41 Å². The molecule has 1 N–H and O–H groups in total. The number of hydrogen-bond acceptors (Lipinski definition) is 5. The summed E-state index contributed by atoms with van der Waals surface area (Å²) < 4.78 is 33.3. The van der Waals surface area contributed by atoms with Crippen molar-refractivity contribution in [3.8, 4) is 0 Å². The van der Waals surface area contributed by atoms with Gasteiger partial charge in [0, 0.05) is 18.8 Å². The summed E-state index contributed by atoms with van der Waals surface area (Å²) in [5, 5.41) is 2.77. The van der Waals surface area contributed by atoms with E-state index in [9.17, 15) is 13.2 Å². The predicted molar refractivity (Wildman–Crippen MR) is 110 cm³/mol. The van der Waals surface area contributed by atoms with Gasteiger partial charge < -0.3 is 9.73 Å². The van der Waals surface area contributed by atoms with Gasteiger partial charge in [-0.05, 0) is 42.5 Å². The lowest BCUT2D eigenvalue weighted by Gasteiger charge is -2.36. The molecule has 0 radical (unpaired) electrons. The minimum Gasteiger partial charge on any atom is -0.443 e. The van der Waals surface area contributed by atoms with E-state index in [0.717, 1.165) is 12.8 Å². The van der Waals surface area contributed by atoms with Gasteiger partial charge in [0.15, 0.2) is 12.0 Å². The van der Waals surface area contributed by atoms with Crippen LogP contribution in [-0.2, 0) is 10.0 Å². The first-order valence-electron chi connectivity index (χ1n) is 9.50. The molecule has 0 bridgehead atoms. The van der Waals surface area contributed by atoms with Crippen molar-refractivity contribution < 1.29 is 17.6 Å². The number of rotatable bonds is 4. The number of carbonyl (C=O) groups is 1. The van der Waals surface area contributed by atoms with Crippen molar-refractivity contribution in [2.24, 2.45) is 5.41 Å². The number of benzene rings is 2. The smallest absolute Gasteiger partial charge is 0.259 e. The molecule has 1 amide bonds. The van der Waals surface area contributed by atoms with E-state index < -0.39 is 15.9 Å². The molecule has 0 saturated carbocycles. The molecule has 2 aromatic carbocycles. The zero-order chi connectivity index (χ0) is 20.6. The van der Waals surface area contributed by atoms with E-state index in [0.29, 0.717) is 24.3 Å². The standard InChI is InChI=1S/C21H23N3O4S/c1-21(2)8-10-24(11-9-21)29(26,27)16-12-17(19-18(13-16)22-14-28-19)20(25)23-15-6-4-3-5-7-15/h3-7,12-14H,8-11H2,1-2H3,(H,23,25). The van der Waals surface area contributed by atoms with Crippen LogP contribution in [-0.4, -0.2) is 36.7 Å². The van der Waals surface area contributed by atoms with Crippen molar-refractivity contribution in [3.63, 3.8) is 0 Å². The van der Waals surface area contributed by atoms with Gasteiger partial charge in [-0.15, -0.1) is 0 Å². The number of anilines is 1. The van der Waals surface area contributed by atoms with Crippen molar-refractivity contribution in [1.29, 1.82) is 0 Å². The Morgan fingerprint density at radius 3 is 2.52 bits per heavy atom. The van der Waals surface area contributed by atoms with E-state index in [-0.39, 0.29) is 21.5 Å². The summed E-state index contributed by atoms with van der Waals surface area (Å²) in [5.41, 5.74) is 1.47. The Kier molecular flexibility index (Phi) is 4.92. The van der Waals surface area contributed by atoms with Crippen LogP contribution in [0.4, 0.5) is 5.69 Å². The quantitative estimate of drug-likeness (QED) is 0.700. The molecule has 1 aromatic heterocycles. The zero-order valence-corrected chi connectivity index (χ0v) is 17.2. The number of piperidine rings is 1. The Hall–Kier alpha value is -2.71. The van der Waals surface area contributed by atoms with Gasteiger partial charge in [0.1, 0.15) is 5.52 Å². The highest BCUT2D eigenvalue weighted by Crippen LogP contribution is 2.33. The third-order valence-electron chi connectivity index (χ3n) is 5.40. The molecule has 4 rings (SSSR count). The highest BCUT2D eigenvalue weighted by Gasteiger charge is 2.33. The fourth-order valence-corrected chi connectivity index (χ4v) is 4.95. The van der Waals surface area contributed by atoms with Gasteiger partial charge in [-0.1, -0.05) is 32.0 Å². The molecule has 1 aliphatic heterocycles. The average Bonchev–Trinajstić information content (AvgIpc) is 3.16. The topological polar surface area (TPSA) is 92.5 Å². The molecule has 29 heavy (non-hydrogen) atoms. The van der Waals surface area contributed by atoms with Gasteiger partial charge in [0.25, 0.3) is 5.91 Å². The van der Waals surface area contributed by atoms with Crippen LogP contribution >= 0.6 is 0 Å². The SMILES string of the molecule is CC1(C)CCN(S(=O)(=O)c2cc(C(=O)Nc3ccccc3)c3ocnc3c2)CC1. The van der Waals surface area contributed by atoms with Gasteiger partial charge >= 0.3 is 0 Å². The van der Waals surface area contributed by atoms with Crippen molar-refractivity contribution in [2.75, 3.05) is 18.4 Å². The number of aromatic nitrogens is 1. The molecule has 8 heteroatoms. The first-order chi connectivity index (χ1) is 13.8. The average molecular weight is 413 g/mol. The maximum Gasteiger partial charge on any atom is 0.259 e. The van der Waals surface area contributed by atoms with Crippen LogP contribution < -0.4 is 5.32 Å². The fraction of sp³-hybridized carbons (Fsp3) is 0.333. The molecule has 1 fully saturated rings. The molecule has 0 unspecified atom stereocenters. The summed E-state index contributed by atoms with van der Waals surface area (Å²) in [5.74, 6) is -0.449. The minimum atomic E-state index is -3.74. The third-order valence-corrected chi connectivity index (χ3v) is 7.27. The first-order valence-corrected chi connectivity index (χ1v) is 10.9. The number of para-hydroxylation sites is 1. The number of sulfonamides is 1. The van der Waals surface area contributed by atoms with E-state index >= 15 is 0 Å². The number of carbonyl (C=O) groups excluding carboxylic acids is 1. The van der Waals surface area contributed by atoms with E-state index in [1.54, 1.807) is 24.3 Å². The predicted octanol–water partition coefficient (Wildman–Crippen LogP) is 3.89. The number of oxazole rings is 1. The molecule has 0 spiro atoms. The second kappa shape index (κ2) is 7.27. The highest BCUT2D eigenvalue weighted by molar-refractivity contribution is 7.89. The minimum absolute atomic E-state index is 0.0526. The zero-order valence-electron chi connectivity index (χ0n) is 16.4. The van der Waals surface area contributed by atoms with Crippen molar-refractivity contribution in [1.82, 2.24) is 9.29 Å². The molecule has 1 aliphatic rings. The van der Waals surface area contributed by atoms with Gasteiger partial charge in [-0.25, -0.2) is 13.4 Å². The van der Waals surface area contributed by atoms with Gasteiger partial charge in [0.2, 0.25) is 10.0 Å². The summed E-state index contributed by atoms with van der Waals surface area (Å²) in [6.07, 6.45) is 2.79. The molecular weight excluding hydrogens is 390 g/mol. The van der Waals surface area contributed by atoms with Gasteiger partial charge in [0.05, 0.1) is 10.5 Å². The number of amides is 1. The summed E-state index contributed by atoms with van der Waals surface area (Å²) >= 11 is 0. The molecule has 152 valence electrons. The van der Waals surface area contributed by atoms with Gasteiger partial charge in [-0.3, -0.25) is 4.79 Å². The van der Waals surface area contributed by atoms with Crippen LogP contribution in [0.3, 0.4) is 0 Å². The second-order valence-corrected chi connectivity index (χ2v) is 10.00. The third kappa shape index (κ3) is 3.90. The van der Waals surface area contributed by atoms with Crippen molar-refractivity contribution in [3.05, 3.63) is 54.4 Å². The maximum atomic E-state index is 13.2. The maximum absolute atomic E-state index is 13.2. The van der Waals surface area contributed by atoms with Gasteiger partial charge in [-0.2, -0.15) is 4.31 Å². The lowest BCUT2D eigenvalue weighted by molar-refractivity contribution is 0.102. The first kappa shape index (κ1) is 19.6. The number of fused-ring (bicyclic) bond motifs is 1. The van der Waals surface area contributed by atoms with E-state index in [1.165, 1.54) is 22.8 Å². The summed E-state index contributed by atoms with van der Waals surface area (Å²) in [6, 6.07) is 11.8. The van der Waals surface area contributed by atoms with Crippen LogP contribution in [0.5, 0.6) is 0 Å². The summed E-state index contributed by atoms with van der Waals surface area (Å²) in [4.78, 5) is 17.0. The lowest BCUT2D eigenvalue weighted by Crippen LogP contribution is -2.41. The van der Waals surface area contributed by atoms with E-state index in [2.05, 4.69) is 24.1 Å². The lowest BCUT2D eigenvalue weighted by atomic mass is 9.83. The van der Waals surface area contributed by atoms with E-state index in [1.807, 2.05) is 6.07 Å². The second-order valence-electron chi connectivity index (χ2n) is 8.06. The monoisotopic (exact) mass is 413 g/mol. The Labute approximate surface area is 169 Å². The van der Waals surface area contributed by atoms with Crippen LogP contribution in [0.25, 0.3) is 11.1 Å². The van der Waals surface area contributed by atoms with Crippen molar-refractivity contribution >= 4 is 32.7 Å². The van der Waals surface area contributed by atoms with Crippen LogP contribution in [0.2, 0.25) is 0 Å². The fourth-order valence-electron chi connectivity index (χ4n) is 3.46.